The number of carbonyl (C=O) groups is 1. The van der Waals surface area contributed by atoms with E-state index in [4.69, 9.17) is 5.73 Å². The number of amides is 1. The molecule has 0 aliphatic carbocycles. The molecule has 1 amide bonds. The van der Waals surface area contributed by atoms with Crippen molar-refractivity contribution in [3.8, 4) is 0 Å². The highest BCUT2D eigenvalue weighted by atomic mass is 16.1. The van der Waals surface area contributed by atoms with Crippen LogP contribution in [0.2, 0.25) is 0 Å². The number of hydrogen-bond donors (Lipinski definition) is 2. The third-order valence-corrected chi connectivity index (χ3v) is 4.78. The lowest BCUT2D eigenvalue weighted by Gasteiger charge is -2.32. The number of hydrogen-bond acceptors (Lipinski definition) is 4. The first-order valence-corrected chi connectivity index (χ1v) is 8.17. The number of aromatic nitrogens is 3. The molecule has 3 heterocycles. The summed E-state index contributed by atoms with van der Waals surface area (Å²) >= 11 is 0. The van der Waals surface area contributed by atoms with E-state index in [1.165, 1.54) is 16.5 Å². The maximum absolute atomic E-state index is 11.1. The second-order valence-electron chi connectivity index (χ2n) is 6.19. The van der Waals surface area contributed by atoms with E-state index in [-0.39, 0.29) is 5.69 Å². The molecule has 0 bridgehead atoms. The molecule has 0 unspecified atom stereocenters. The molecule has 0 saturated carbocycles. The zero-order chi connectivity index (χ0) is 16.5. The Kier molecular flexibility index (Phi) is 3.65. The predicted molar refractivity (Wildman–Crippen MR) is 93.0 cm³/mol. The van der Waals surface area contributed by atoms with Gasteiger partial charge in [-0.25, -0.2) is 0 Å². The van der Waals surface area contributed by atoms with Crippen LogP contribution in [0.5, 0.6) is 0 Å². The first kappa shape index (κ1) is 14.7. The molecule has 2 aromatic heterocycles. The lowest BCUT2D eigenvalue weighted by atomic mass is 9.89. The molecule has 1 aromatic carbocycles. The number of nitrogens with two attached hydrogens (primary N) is 1. The van der Waals surface area contributed by atoms with Gasteiger partial charge in [-0.15, -0.1) is 10.2 Å². The van der Waals surface area contributed by atoms with E-state index in [9.17, 15) is 4.79 Å². The summed E-state index contributed by atoms with van der Waals surface area (Å²) in [6, 6.07) is 11.9. The Morgan fingerprint density at radius 2 is 1.92 bits per heavy atom. The number of H-pyrrole nitrogens is 1. The Morgan fingerprint density at radius 1 is 1.12 bits per heavy atom. The summed E-state index contributed by atoms with van der Waals surface area (Å²) in [6.07, 6.45) is 4.29. The van der Waals surface area contributed by atoms with Crippen LogP contribution in [0.1, 0.15) is 34.8 Å². The number of piperidine rings is 1. The van der Waals surface area contributed by atoms with Gasteiger partial charge < -0.3 is 15.6 Å². The Bertz CT molecular complexity index is 863. The highest BCUT2D eigenvalue weighted by Crippen LogP contribution is 2.33. The van der Waals surface area contributed by atoms with Gasteiger partial charge in [-0.05, 0) is 42.5 Å². The van der Waals surface area contributed by atoms with Gasteiger partial charge in [-0.3, -0.25) is 4.79 Å². The number of anilines is 1. The number of primary amides is 1. The third-order valence-electron chi connectivity index (χ3n) is 4.78. The van der Waals surface area contributed by atoms with E-state index in [1.54, 1.807) is 6.07 Å². The van der Waals surface area contributed by atoms with Crippen molar-refractivity contribution in [3.05, 3.63) is 53.9 Å². The molecule has 3 N–H and O–H groups in total. The Morgan fingerprint density at radius 3 is 2.62 bits per heavy atom. The summed E-state index contributed by atoms with van der Waals surface area (Å²) in [6.45, 7) is 1.85. The van der Waals surface area contributed by atoms with Gasteiger partial charge >= 0.3 is 0 Å². The molecule has 0 radical (unpaired) electrons. The molecule has 1 aliphatic rings. The number of fused-ring (bicyclic) bond motifs is 1. The van der Waals surface area contributed by atoms with Crippen LogP contribution in [-0.4, -0.2) is 34.2 Å². The molecule has 4 rings (SSSR count). The van der Waals surface area contributed by atoms with Crippen LogP contribution in [0, 0.1) is 0 Å². The normalized spacial score (nSPS) is 15.8. The molecule has 24 heavy (non-hydrogen) atoms. The summed E-state index contributed by atoms with van der Waals surface area (Å²) < 4.78 is 0. The molecule has 1 aliphatic heterocycles. The second-order valence-corrected chi connectivity index (χ2v) is 6.19. The van der Waals surface area contributed by atoms with Gasteiger partial charge in [-0.2, -0.15) is 0 Å². The van der Waals surface area contributed by atoms with Crippen molar-refractivity contribution >= 4 is 22.6 Å². The van der Waals surface area contributed by atoms with Gasteiger partial charge in [0, 0.05) is 30.2 Å². The van der Waals surface area contributed by atoms with E-state index in [0.717, 1.165) is 31.7 Å². The third kappa shape index (κ3) is 2.60. The summed E-state index contributed by atoms with van der Waals surface area (Å²) in [7, 11) is 0. The standard InChI is InChI=1S/C18H19N5O/c19-18(24)16-5-6-17(22-21-16)23-9-7-12(8-10-23)14-11-20-15-4-2-1-3-13(14)15/h1-6,11-12,20H,7-10H2,(H2,19,24). The lowest BCUT2D eigenvalue weighted by Crippen LogP contribution is -2.33. The molecule has 6 heteroatoms. The number of nitrogens with zero attached hydrogens (tertiary/aromatic N) is 3. The molecule has 0 spiro atoms. The monoisotopic (exact) mass is 321 g/mol. The zero-order valence-corrected chi connectivity index (χ0v) is 13.3. The topological polar surface area (TPSA) is 87.9 Å². The summed E-state index contributed by atoms with van der Waals surface area (Å²) in [5.41, 5.74) is 8.00. The lowest BCUT2D eigenvalue weighted by molar-refractivity contribution is 0.0994. The quantitative estimate of drug-likeness (QED) is 0.775. The van der Waals surface area contributed by atoms with Crippen LogP contribution in [0.25, 0.3) is 10.9 Å². The minimum absolute atomic E-state index is 0.201. The van der Waals surface area contributed by atoms with Crippen molar-refractivity contribution in [2.24, 2.45) is 5.73 Å². The average Bonchev–Trinajstić information content (AvgIpc) is 3.06. The predicted octanol–water partition coefficient (Wildman–Crippen LogP) is 2.44. The minimum Gasteiger partial charge on any atom is -0.364 e. The van der Waals surface area contributed by atoms with Crippen LogP contribution in [0.15, 0.2) is 42.6 Å². The molecule has 6 nitrogen and oxygen atoms in total. The molecule has 3 aromatic rings. The molecular formula is C18H19N5O. The number of aromatic amines is 1. The maximum atomic E-state index is 11.1. The minimum atomic E-state index is -0.549. The Balaban J connectivity index is 1.47. The summed E-state index contributed by atoms with van der Waals surface area (Å²) in [5, 5.41) is 9.34. The van der Waals surface area contributed by atoms with Gasteiger partial charge in [0.2, 0.25) is 0 Å². The number of para-hydroxylation sites is 1. The van der Waals surface area contributed by atoms with Crippen molar-refractivity contribution in [2.45, 2.75) is 18.8 Å². The van der Waals surface area contributed by atoms with Crippen molar-refractivity contribution in [3.63, 3.8) is 0 Å². The van der Waals surface area contributed by atoms with E-state index >= 15 is 0 Å². The van der Waals surface area contributed by atoms with Crippen molar-refractivity contribution in [2.75, 3.05) is 18.0 Å². The van der Waals surface area contributed by atoms with E-state index in [2.05, 4.69) is 50.5 Å². The zero-order valence-electron chi connectivity index (χ0n) is 13.3. The van der Waals surface area contributed by atoms with Crippen molar-refractivity contribution in [1.29, 1.82) is 0 Å². The molecule has 122 valence electrons. The van der Waals surface area contributed by atoms with Gasteiger partial charge in [0.15, 0.2) is 11.5 Å². The maximum Gasteiger partial charge on any atom is 0.269 e. The first-order valence-electron chi connectivity index (χ1n) is 8.17. The fourth-order valence-electron chi connectivity index (χ4n) is 3.48. The molecule has 1 fully saturated rings. The fraction of sp³-hybridized carbons (Fsp3) is 0.278. The fourth-order valence-corrected chi connectivity index (χ4v) is 3.48. The Labute approximate surface area is 139 Å². The van der Waals surface area contributed by atoms with Crippen LogP contribution in [0.4, 0.5) is 5.82 Å². The average molecular weight is 321 g/mol. The van der Waals surface area contributed by atoms with Crippen LogP contribution in [0.3, 0.4) is 0 Å². The number of carbonyl (C=O) groups excluding carboxylic acids is 1. The number of rotatable bonds is 3. The number of benzene rings is 1. The van der Waals surface area contributed by atoms with E-state index in [1.807, 2.05) is 6.07 Å². The molecule has 1 saturated heterocycles. The number of nitrogens with one attached hydrogen (secondary N) is 1. The van der Waals surface area contributed by atoms with Crippen LogP contribution in [-0.2, 0) is 0 Å². The molecular weight excluding hydrogens is 302 g/mol. The van der Waals surface area contributed by atoms with Crippen LogP contribution < -0.4 is 10.6 Å². The van der Waals surface area contributed by atoms with Crippen molar-refractivity contribution < 1.29 is 4.79 Å². The highest BCUT2D eigenvalue weighted by molar-refractivity contribution is 5.90. The highest BCUT2D eigenvalue weighted by Gasteiger charge is 2.23. The van der Waals surface area contributed by atoms with Crippen LogP contribution >= 0.6 is 0 Å². The summed E-state index contributed by atoms with van der Waals surface area (Å²) in [4.78, 5) is 16.7. The SMILES string of the molecule is NC(=O)c1ccc(N2CCC(c3c[nH]c4ccccc34)CC2)nn1. The second kappa shape index (κ2) is 5.96. The first-order chi connectivity index (χ1) is 11.7. The largest absolute Gasteiger partial charge is 0.364 e. The van der Waals surface area contributed by atoms with Gasteiger partial charge in [0.25, 0.3) is 5.91 Å². The van der Waals surface area contributed by atoms with E-state index in [0.29, 0.717) is 5.92 Å². The van der Waals surface area contributed by atoms with Crippen molar-refractivity contribution in [1.82, 2.24) is 15.2 Å². The van der Waals surface area contributed by atoms with Gasteiger partial charge in [0.1, 0.15) is 0 Å². The van der Waals surface area contributed by atoms with E-state index < -0.39 is 5.91 Å². The summed E-state index contributed by atoms with van der Waals surface area (Å²) in [5.74, 6) is 0.805. The smallest absolute Gasteiger partial charge is 0.269 e. The Hall–Kier alpha value is -2.89. The molecule has 0 atom stereocenters. The van der Waals surface area contributed by atoms with Gasteiger partial charge in [0.05, 0.1) is 0 Å². The van der Waals surface area contributed by atoms with Gasteiger partial charge in [-0.1, -0.05) is 18.2 Å².